The first-order chi connectivity index (χ1) is 13.1. The molecule has 0 atom stereocenters. The lowest BCUT2D eigenvalue weighted by molar-refractivity contribution is -0.131. The van der Waals surface area contributed by atoms with E-state index in [0.29, 0.717) is 11.1 Å². The van der Waals surface area contributed by atoms with E-state index in [0.717, 1.165) is 11.6 Å². The fourth-order valence-electron chi connectivity index (χ4n) is 2.17. The fourth-order valence-corrected chi connectivity index (χ4v) is 2.17. The molecular weight excluding hydrogens is 340 g/mol. The van der Waals surface area contributed by atoms with E-state index in [-0.39, 0.29) is 0 Å². The van der Waals surface area contributed by atoms with Gasteiger partial charge in [-0.2, -0.15) is 0 Å². The second kappa shape index (κ2) is 10.3. The summed E-state index contributed by atoms with van der Waals surface area (Å²) in [7, 11) is 0. The van der Waals surface area contributed by atoms with Crippen LogP contribution in [0, 0.1) is 0 Å². The van der Waals surface area contributed by atoms with Crippen molar-refractivity contribution in [1.82, 2.24) is 0 Å². The Bertz CT molecular complexity index is 865. The molecule has 134 valence electrons. The molecule has 0 aliphatic carbocycles. The first-order valence-electron chi connectivity index (χ1n) is 8.23. The first kappa shape index (κ1) is 19.5. The van der Waals surface area contributed by atoms with Gasteiger partial charge in [-0.3, -0.25) is 9.59 Å². The van der Waals surface area contributed by atoms with Crippen molar-refractivity contribution in [1.29, 1.82) is 0 Å². The van der Waals surface area contributed by atoms with Crippen LogP contribution in [0.1, 0.15) is 26.3 Å². The summed E-state index contributed by atoms with van der Waals surface area (Å²) >= 11 is 0. The molecule has 0 spiro atoms. The van der Waals surface area contributed by atoms with Crippen LogP contribution in [0.15, 0.2) is 97.1 Å². The quantitative estimate of drug-likeness (QED) is 0.413. The minimum atomic E-state index is -0.922. The summed E-state index contributed by atoms with van der Waals surface area (Å²) in [4.78, 5) is 33.7. The van der Waals surface area contributed by atoms with Crippen LogP contribution in [0.2, 0.25) is 0 Å². The van der Waals surface area contributed by atoms with Crippen molar-refractivity contribution >= 4 is 23.6 Å². The number of carboxylic acids is 1. The lowest BCUT2D eigenvalue weighted by Gasteiger charge is -1.99. The molecule has 3 aromatic carbocycles. The number of benzene rings is 3. The zero-order valence-corrected chi connectivity index (χ0v) is 14.5. The maximum atomic E-state index is 11.8. The largest absolute Gasteiger partial charge is 0.478 e. The highest BCUT2D eigenvalue weighted by Gasteiger charge is 2.16. The number of hydrogen-bond donors (Lipinski definition) is 1. The van der Waals surface area contributed by atoms with Gasteiger partial charge in [0.05, 0.1) is 0 Å². The van der Waals surface area contributed by atoms with Gasteiger partial charge in [0.15, 0.2) is 0 Å². The number of carbonyl (C=O) groups excluding carboxylic acids is 2. The van der Waals surface area contributed by atoms with Gasteiger partial charge >= 0.3 is 5.97 Å². The van der Waals surface area contributed by atoms with Crippen LogP contribution in [0.4, 0.5) is 0 Å². The van der Waals surface area contributed by atoms with Crippen LogP contribution >= 0.6 is 0 Å². The summed E-state index contributed by atoms with van der Waals surface area (Å²) in [5, 5.41) is 8.29. The van der Waals surface area contributed by atoms with E-state index in [4.69, 9.17) is 5.11 Å². The maximum absolute atomic E-state index is 11.8. The van der Waals surface area contributed by atoms with Crippen LogP contribution in [0.25, 0.3) is 6.08 Å². The zero-order valence-electron chi connectivity index (χ0n) is 14.5. The lowest BCUT2D eigenvalue weighted by Crippen LogP contribution is -2.14. The molecule has 4 heteroatoms. The molecule has 0 amide bonds. The van der Waals surface area contributed by atoms with Crippen LogP contribution in [0.5, 0.6) is 0 Å². The van der Waals surface area contributed by atoms with Crippen LogP contribution in [-0.4, -0.2) is 22.6 Å². The number of hydrogen-bond acceptors (Lipinski definition) is 3. The maximum Gasteiger partial charge on any atom is 0.328 e. The van der Waals surface area contributed by atoms with E-state index >= 15 is 0 Å². The Morgan fingerprint density at radius 2 is 0.963 bits per heavy atom. The Kier molecular flexibility index (Phi) is 7.42. The monoisotopic (exact) mass is 358 g/mol. The summed E-state index contributed by atoms with van der Waals surface area (Å²) in [6.07, 6.45) is 2.68. The smallest absolute Gasteiger partial charge is 0.328 e. The molecule has 1 N–H and O–H groups in total. The lowest BCUT2D eigenvalue weighted by atomic mass is 10.0. The molecule has 0 fully saturated rings. The van der Waals surface area contributed by atoms with Gasteiger partial charge in [-0.25, -0.2) is 4.79 Å². The summed E-state index contributed by atoms with van der Waals surface area (Å²) in [5.41, 5.74) is 1.75. The summed E-state index contributed by atoms with van der Waals surface area (Å²) < 4.78 is 0. The van der Waals surface area contributed by atoms with Crippen molar-refractivity contribution in [3.63, 3.8) is 0 Å². The van der Waals surface area contributed by atoms with Crippen molar-refractivity contribution < 1.29 is 19.5 Å². The predicted molar refractivity (Wildman–Crippen MR) is 105 cm³/mol. The highest BCUT2D eigenvalue weighted by molar-refractivity contribution is 6.49. The Morgan fingerprint density at radius 3 is 1.33 bits per heavy atom. The first-order valence-corrected chi connectivity index (χ1v) is 8.23. The molecule has 3 rings (SSSR count). The molecule has 0 saturated carbocycles. The average Bonchev–Trinajstić information content (AvgIpc) is 2.73. The number of ketones is 2. The molecule has 0 aromatic heterocycles. The van der Waals surface area contributed by atoms with Crippen molar-refractivity contribution in [2.45, 2.75) is 0 Å². The number of aliphatic carboxylic acids is 1. The fraction of sp³-hybridized carbons (Fsp3) is 0. The van der Waals surface area contributed by atoms with E-state index < -0.39 is 17.5 Å². The van der Waals surface area contributed by atoms with Crippen LogP contribution < -0.4 is 0 Å². The summed E-state index contributed by atoms with van der Waals surface area (Å²) in [6, 6.07) is 26.5. The van der Waals surface area contributed by atoms with Gasteiger partial charge in [-0.1, -0.05) is 91.0 Å². The van der Waals surface area contributed by atoms with Crippen LogP contribution in [-0.2, 0) is 4.79 Å². The topological polar surface area (TPSA) is 71.4 Å². The minimum absolute atomic E-state index is 0.427. The van der Waals surface area contributed by atoms with Crippen LogP contribution in [0.3, 0.4) is 0 Å². The van der Waals surface area contributed by atoms with Gasteiger partial charge in [0, 0.05) is 17.2 Å². The highest BCUT2D eigenvalue weighted by Crippen LogP contribution is 2.07. The second-order valence-corrected chi connectivity index (χ2v) is 5.47. The van der Waals surface area contributed by atoms with Gasteiger partial charge < -0.3 is 5.11 Å². The molecule has 0 saturated heterocycles. The molecule has 27 heavy (non-hydrogen) atoms. The van der Waals surface area contributed by atoms with Gasteiger partial charge in [0.25, 0.3) is 0 Å². The third-order valence-electron chi connectivity index (χ3n) is 3.50. The van der Waals surface area contributed by atoms with E-state index in [1.165, 1.54) is 0 Å². The van der Waals surface area contributed by atoms with Gasteiger partial charge in [0.1, 0.15) is 0 Å². The van der Waals surface area contributed by atoms with E-state index in [1.807, 2.05) is 42.5 Å². The molecule has 0 radical (unpaired) electrons. The third-order valence-corrected chi connectivity index (χ3v) is 3.50. The third kappa shape index (κ3) is 6.55. The zero-order chi connectivity index (χ0) is 19.5. The van der Waals surface area contributed by atoms with Crippen molar-refractivity contribution in [2.24, 2.45) is 0 Å². The summed E-state index contributed by atoms with van der Waals surface area (Å²) in [6.45, 7) is 0. The van der Waals surface area contributed by atoms with Gasteiger partial charge in [0.2, 0.25) is 11.6 Å². The number of carboxylic acid groups (broad SMARTS) is 1. The molecule has 0 aliphatic rings. The van der Waals surface area contributed by atoms with Crippen molar-refractivity contribution in [3.8, 4) is 0 Å². The molecule has 0 heterocycles. The second-order valence-electron chi connectivity index (χ2n) is 5.47. The van der Waals surface area contributed by atoms with E-state index in [1.54, 1.807) is 54.6 Å². The Morgan fingerprint density at radius 1 is 0.593 bits per heavy atom. The molecule has 3 aromatic rings. The Labute approximate surface area is 157 Å². The normalized spacial score (nSPS) is 9.93. The summed E-state index contributed by atoms with van der Waals surface area (Å²) in [5.74, 6) is -1.85. The van der Waals surface area contributed by atoms with E-state index in [2.05, 4.69) is 0 Å². The predicted octanol–water partition coefficient (Wildman–Crippen LogP) is 4.54. The number of rotatable bonds is 5. The van der Waals surface area contributed by atoms with Gasteiger partial charge in [-0.15, -0.1) is 0 Å². The average molecular weight is 358 g/mol. The van der Waals surface area contributed by atoms with E-state index in [9.17, 15) is 14.4 Å². The standard InChI is InChI=1S/C14H10O2.C9H8O2/c15-13(11-7-3-1-4-8-11)14(16)12-9-5-2-6-10-12;10-9(11)7-6-8-4-2-1-3-5-8/h1-10H;1-7H,(H,10,11). The molecule has 4 nitrogen and oxygen atoms in total. The van der Waals surface area contributed by atoms with Crippen molar-refractivity contribution in [2.75, 3.05) is 0 Å². The molecule has 0 aliphatic heterocycles. The van der Waals surface area contributed by atoms with Crippen molar-refractivity contribution in [3.05, 3.63) is 114 Å². The SMILES string of the molecule is O=C(C(=O)c1ccccc1)c1ccccc1.O=C(O)C=Cc1ccccc1. The number of carbonyl (C=O) groups is 3. The molecular formula is C23H18O4. The Balaban J connectivity index is 0.000000208. The highest BCUT2D eigenvalue weighted by atomic mass is 16.4. The van der Waals surface area contributed by atoms with Gasteiger partial charge in [-0.05, 0) is 11.6 Å². The molecule has 0 unspecified atom stereocenters. The minimum Gasteiger partial charge on any atom is -0.478 e. The Hall–Kier alpha value is -3.79. The molecule has 0 bridgehead atoms. The number of Topliss-reactive ketones (excluding diaryl/α,β-unsaturated/α-hetero) is 2.